The Bertz CT molecular complexity index is 1650. The van der Waals surface area contributed by atoms with Crippen molar-refractivity contribution in [2.75, 3.05) is 48.8 Å². The van der Waals surface area contributed by atoms with Crippen LogP contribution in [0.25, 0.3) is 34.4 Å². The lowest BCUT2D eigenvalue weighted by molar-refractivity contribution is -0.183. The smallest absolute Gasteiger partial charge is 0.337 e. The lowest BCUT2D eigenvalue weighted by Gasteiger charge is -2.24. The average Bonchev–Trinajstić information content (AvgIpc) is 3.09. The van der Waals surface area contributed by atoms with Crippen molar-refractivity contribution in [2.24, 2.45) is 0 Å². The van der Waals surface area contributed by atoms with E-state index in [-0.39, 0.29) is 0 Å². The van der Waals surface area contributed by atoms with Crippen molar-refractivity contribution in [2.45, 2.75) is 12.7 Å². The predicted octanol–water partition coefficient (Wildman–Crippen LogP) is 7.45. The van der Waals surface area contributed by atoms with Gasteiger partial charge < -0.3 is 33.2 Å². The van der Waals surface area contributed by atoms with Gasteiger partial charge in [0.15, 0.2) is 6.29 Å². The van der Waals surface area contributed by atoms with Crippen molar-refractivity contribution in [3.8, 4) is 45.3 Å². The Labute approximate surface area is 257 Å². The van der Waals surface area contributed by atoms with Crippen molar-refractivity contribution in [3.05, 3.63) is 95.1 Å². The van der Waals surface area contributed by atoms with E-state index < -0.39 is 12.3 Å². The highest BCUT2D eigenvalue weighted by atomic mass is 16.7. The van der Waals surface area contributed by atoms with Gasteiger partial charge in [-0.3, -0.25) is 0 Å². The summed E-state index contributed by atoms with van der Waals surface area (Å²) in [5, 5.41) is 0. The van der Waals surface area contributed by atoms with Crippen LogP contribution in [-0.4, -0.2) is 54.7 Å². The van der Waals surface area contributed by atoms with Gasteiger partial charge in [-0.2, -0.15) is 0 Å². The molecule has 0 radical (unpaired) electrons. The molecule has 1 fully saturated rings. The fourth-order valence-corrected chi connectivity index (χ4v) is 5.20. The number of esters is 1. The van der Waals surface area contributed by atoms with E-state index in [1.807, 2.05) is 66.7 Å². The third-order valence-corrected chi connectivity index (χ3v) is 7.46. The first-order chi connectivity index (χ1) is 21.5. The van der Waals surface area contributed by atoms with Crippen LogP contribution < -0.4 is 18.9 Å². The number of ether oxygens (including phenoxy) is 7. The molecule has 8 heteroatoms. The molecule has 228 valence electrons. The van der Waals surface area contributed by atoms with Crippen molar-refractivity contribution in [1.82, 2.24) is 0 Å². The van der Waals surface area contributed by atoms with Gasteiger partial charge in [-0.1, -0.05) is 24.3 Å². The molecule has 4 aromatic rings. The molecule has 1 aliphatic heterocycles. The Hall–Kier alpha value is -4.79. The number of rotatable bonds is 10. The molecule has 0 spiro atoms. The number of carbonyl (C=O) groups is 1. The summed E-state index contributed by atoms with van der Waals surface area (Å²) in [7, 11) is 7.87. The highest BCUT2D eigenvalue weighted by molar-refractivity contribution is 5.92. The molecule has 0 bridgehead atoms. The molecule has 0 N–H and O–H groups in total. The second-order valence-corrected chi connectivity index (χ2v) is 10.0. The van der Waals surface area contributed by atoms with Gasteiger partial charge in [-0.25, -0.2) is 4.79 Å². The zero-order valence-electron chi connectivity index (χ0n) is 25.5. The maximum absolute atomic E-state index is 12.1. The van der Waals surface area contributed by atoms with Gasteiger partial charge >= 0.3 is 5.97 Å². The van der Waals surface area contributed by atoms with Crippen LogP contribution in [-0.2, 0) is 14.2 Å². The van der Waals surface area contributed by atoms with Crippen LogP contribution in [0.5, 0.6) is 23.0 Å². The van der Waals surface area contributed by atoms with Crippen LogP contribution in [0.3, 0.4) is 0 Å². The maximum atomic E-state index is 12.1. The largest absolute Gasteiger partial charge is 0.497 e. The van der Waals surface area contributed by atoms with Crippen molar-refractivity contribution in [3.63, 3.8) is 0 Å². The minimum absolute atomic E-state index is 0.408. The summed E-state index contributed by atoms with van der Waals surface area (Å²) in [5.74, 6) is 2.25. The van der Waals surface area contributed by atoms with Gasteiger partial charge in [0, 0.05) is 22.3 Å². The number of hydrogen-bond donors (Lipinski definition) is 0. The summed E-state index contributed by atoms with van der Waals surface area (Å²) in [6.45, 7) is 1.31. The van der Waals surface area contributed by atoms with Gasteiger partial charge in [0.2, 0.25) is 0 Å². The van der Waals surface area contributed by atoms with Gasteiger partial charge in [0.1, 0.15) is 23.0 Å². The van der Waals surface area contributed by atoms with Crippen LogP contribution in [0.2, 0.25) is 0 Å². The fraction of sp³-hybridized carbons (Fsp3) is 0.250. The third-order valence-electron chi connectivity index (χ3n) is 7.46. The Morgan fingerprint density at radius 1 is 0.659 bits per heavy atom. The molecule has 0 unspecified atom stereocenters. The van der Waals surface area contributed by atoms with Crippen molar-refractivity contribution < 1.29 is 38.0 Å². The molecule has 0 saturated carbocycles. The summed E-state index contributed by atoms with van der Waals surface area (Å²) >= 11 is 0. The summed E-state index contributed by atoms with van der Waals surface area (Å²) < 4.78 is 39.3. The molecule has 0 aromatic heterocycles. The normalized spacial score (nSPS) is 13.5. The second-order valence-electron chi connectivity index (χ2n) is 10.0. The Morgan fingerprint density at radius 3 is 2.02 bits per heavy atom. The summed E-state index contributed by atoms with van der Waals surface area (Å²) in [5.41, 5.74) is 6.64. The Morgan fingerprint density at radius 2 is 1.34 bits per heavy atom. The van der Waals surface area contributed by atoms with Crippen LogP contribution in [0, 0.1) is 0 Å². The monoisotopic (exact) mass is 596 g/mol. The fourth-order valence-electron chi connectivity index (χ4n) is 5.20. The minimum Gasteiger partial charge on any atom is -0.497 e. The van der Waals surface area contributed by atoms with Crippen LogP contribution in [0.1, 0.15) is 39.8 Å². The van der Waals surface area contributed by atoms with Crippen molar-refractivity contribution >= 4 is 18.1 Å². The van der Waals surface area contributed by atoms with Crippen LogP contribution in [0.15, 0.2) is 72.8 Å². The van der Waals surface area contributed by atoms with E-state index in [4.69, 9.17) is 33.2 Å². The minimum atomic E-state index is -0.430. The van der Waals surface area contributed by atoms with Gasteiger partial charge in [0.05, 0.1) is 54.3 Å². The second kappa shape index (κ2) is 14.1. The molecule has 44 heavy (non-hydrogen) atoms. The molecule has 1 heterocycles. The molecule has 1 saturated heterocycles. The summed E-state index contributed by atoms with van der Waals surface area (Å²) in [4.78, 5) is 12.1. The number of hydrogen-bond acceptors (Lipinski definition) is 8. The van der Waals surface area contributed by atoms with E-state index in [0.717, 1.165) is 45.4 Å². The average molecular weight is 597 g/mol. The molecular weight excluding hydrogens is 560 g/mol. The van der Waals surface area contributed by atoms with E-state index in [9.17, 15) is 4.79 Å². The highest BCUT2D eigenvalue weighted by Crippen LogP contribution is 2.40. The topological polar surface area (TPSA) is 81.7 Å². The maximum Gasteiger partial charge on any atom is 0.337 e. The summed E-state index contributed by atoms with van der Waals surface area (Å²) in [6.07, 6.45) is 4.50. The summed E-state index contributed by atoms with van der Waals surface area (Å²) in [6, 6.07) is 23.0. The van der Waals surface area contributed by atoms with E-state index in [0.29, 0.717) is 41.8 Å². The van der Waals surface area contributed by atoms with Crippen LogP contribution in [0.4, 0.5) is 0 Å². The number of carbonyl (C=O) groups excluding carboxylic acids is 1. The zero-order valence-corrected chi connectivity index (χ0v) is 25.5. The molecular formula is C36H36O8. The van der Waals surface area contributed by atoms with Crippen molar-refractivity contribution in [1.29, 1.82) is 0 Å². The molecule has 5 rings (SSSR count). The molecule has 0 aliphatic carbocycles. The van der Waals surface area contributed by atoms with Gasteiger partial charge in [-0.05, 0) is 83.8 Å². The number of methoxy groups -OCH3 is 5. The predicted molar refractivity (Wildman–Crippen MR) is 169 cm³/mol. The third kappa shape index (κ3) is 6.56. The van der Waals surface area contributed by atoms with E-state index in [1.165, 1.54) is 7.11 Å². The molecule has 8 nitrogen and oxygen atoms in total. The quantitative estimate of drug-likeness (QED) is 0.138. The SMILES string of the molecule is COC(=O)c1ccc(-c2ccc(OC)cc2/C=C/c2ccc(OC)c(-c3cc(C4OCCCO4)ccc3OC)c2)c(OC)c1. The first-order valence-corrected chi connectivity index (χ1v) is 14.2. The van der Waals surface area contributed by atoms with Crippen LogP contribution >= 0.6 is 0 Å². The number of benzene rings is 4. The highest BCUT2D eigenvalue weighted by Gasteiger charge is 2.20. The van der Waals surface area contributed by atoms with Gasteiger partial charge in [0.25, 0.3) is 0 Å². The zero-order chi connectivity index (χ0) is 31.1. The lowest BCUT2D eigenvalue weighted by atomic mass is 9.95. The van der Waals surface area contributed by atoms with E-state index in [2.05, 4.69) is 6.07 Å². The molecule has 0 amide bonds. The van der Waals surface area contributed by atoms with E-state index >= 15 is 0 Å². The standard InChI is InChI=1S/C36H36O8/c1-38-27-12-14-28(29-13-10-25(35(37)42-5)22-34(29)41-4)24(20-27)9-7-23-8-15-32(39-2)30(19-23)31-21-26(11-16-33(31)40-3)36-43-17-6-18-44-36/h7-16,19-22,36H,6,17-18H2,1-5H3/b9-7+. The first-order valence-electron chi connectivity index (χ1n) is 14.2. The first kappa shape index (κ1) is 30.7. The Kier molecular flexibility index (Phi) is 9.84. The van der Waals surface area contributed by atoms with Gasteiger partial charge in [-0.15, -0.1) is 0 Å². The van der Waals surface area contributed by atoms with E-state index in [1.54, 1.807) is 40.6 Å². The lowest BCUT2D eigenvalue weighted by Crippen LogP contribution is -2.17. The molecule has 1 aliphatic rings. The molecule has 0 atom stereocenters. The Balaban J connectivity index is 1.55. The molecule has 4 aromatic carbocycles.